The van der Waals surface area contributed by atoms with E-state index in [-0.39, 0.29) is 28.6 Å². The summed E-state index contributed by atoms with van der Waals surface area (Å²) in [6, 6.07) is 9.47. The summed E-state index contributed by atoms with van der Waals surface area (Å²) in [5.74, 6) is 0.416. The third kappa shape index (κ3) is 4.96. The fraction of sp³-hybridized carbons (Fsp3) is 0.517. The van der Waals surface area contributed by atoms with Crippen LogP contribution in [0, 0.1) is 17.2 Å². The first-order chi connectivity index (χ1) is 17.8. The van der Waals surface area contributed by atoms with E-state index in [4.69, 9.17) is 21.1 Å². The van der Waals surface area contributed by atoms with Crippen molar-refractivity contribution in [1.82, 2.24) is 10.2 Å². The molecule has 37 heavy (non-hydrogen) atoms. The minimum Gasteiger partial charge on any atom is -0.496 e. The molecule has 0 spiro atoms. The van der Waals surface area contributed by atoms with E-state index in [1.54, 1.807) is 31.4 Å². The Balaban J connectivity index is 1.28. The van der Waals surface area contributed by atoms with Crippen LogP contribution in [-0.4, -0.2) is 56.2 Å². The van der Waals surface area contributed by atoms with Gasteiger partial charge < -0.3 is 19.7 Å². The van der Waals surface area contributed by atoms with Crippen molar-refractivity contribution in [3.8, 4) is 16.9 Å². The van der Waals surface area contributed by atoms with Gasteiger partial charge in [-0.1, -0.05) is 24.1 Å². The Bertz CT molecular complexity index is 1190. The third-order valence-electron chi connectivity index (χ3n) is 8.82. The minimum atomic E-state index is -0.377. The van der Waals surface area contributed by atoms with E-state index in [1.165, 1.54) is 19.2 Å². The van der Waals surface area contributed by atoms with Gasteiger partial charge in [-0.3, -0.25) is 9.59 Å². The molecule has 5 rings (SSSR count). The summed E-state index contributed by atoms with van der Waals surface area (Å²) in [5, 5.41) is 3.49. The van der Waals surface area contributed by atoms with Gasteiger partial charge in [0.2, 0.25) is 5.91 Å². The first-order valence-electron chi connectivity index (χ1n) is 13.0. The molecular weight excluding hydrogens is 495 g/mol. The van der Waals surface area contributed by atoms with E-state index in [0.29, 0.717) is 59.4 Å². The van der Waals surface area contributed by atoms with Gasteiger partial charge in [-0.15, -0.1) is 0 Å². The number of benzene rings is 2. The fourth-order valence-corrected chi connectivity index (χ4v) is 6.71. The molecule has 2 atom stereocenters. The maximum Gasteiger partial charge on any atom is 0.255 e. The molecule has 2 aromatic rings. The largest absolute Gasteiger partial charge is 0.496 e. The van der Waals surface area contributed by atoms with Gasteiger partial charge in [0.05, 0.1) is 29.7 Å². The molecule has 2 aliphatic carbocycles. The number of likely N-dealkylation sites (tertiary alicyclic amines) is 1. The van der Waals surface area contributed by atoms with Gasteiger partial charge in [-0.05, 0) is 73.9 Å². The van der Waals surface area contributed by atoms with Crippen molar-refractivity contribution in [2.45, 2.75) is 50.5 Å². The number of ether oxygens (including phenoxy) is 2. The van der Waals surface area contributed by atoms with Crippen molar-refractivity contribution in [3.63, 3.8) is 0 Å². The van der Waals surface area contributed by atoms with Gasteiger partial charge in [-0.2, -0.15) is 0 Å². The van der Waals surface area contributed by atoms with Crippen LogP contribution in [0.3, 0.4) is 0 Å². The topological polar surface area (TPSA) is 67.9 Å². The summed E-state index contributed by atoms with van der Waals surface area (Å²) in [4.78, 5) is 28.1. The molecule has 3 aliphatic rings. The van der Waals surface area contributed by atoms with Crippen molar-refractivity contribution in [2.24, 2.45) is 11.3 Å². The highest BCUT2D eigenvalue weighted by atomic mass is 35.5. The predicted molar refractivity (Wildman–Crippen MR) is 140 cm³/mol. The molecular formula is C29H34ClFN2O4. The van der Waals surface area contributed by atoms with Crippen molar-refractivity contribution >= 4 is 23.4 Å². The maximum absolute atomic E-state index is 13.9. The zero-order valence-corrected chi connectivity index (χ0v) is 22.2. The maximum atomic E-state index is 13.9. The van der Waals surface area contributed by atoms with Crippen molar-refractivity contribution in [2.75, 3.05) is 33.9 Å². The Morgan fingerprint density at radius 3 is 2.62 bits per heavy atom. The third-order valence-corrected chi connectivity index (χ3v) is 9.13. The number of amides is 2. The van der Waals surface area contributed by atoms with E-state index >= 15 is 0 Å². The number of nitrogens with zero attached hydrogens (tertiary/aromatic N) is 1. The Morgan fingerprint density at radius 1 is 1.14 bits per heavy atom. The average Bonchev–Trinajstić information content (AvgIpc) is 3.42. The second-order valence-corrected chi connectivity index (χ2v) is 11.3. The molecule has 198 valence electrons. The molecule has 1 aliphatic heterocycles. The quantitative estimate of drug-likeness (QED) is 0.493. The van der Waals surface area contributed by atoms with E-state index in [2.05, 4.69) is 5.32 Å². The number of carbonyl (C=O) groups excluding carboxylic acids is 2. The predicted octanol–water partition coefficient (Wildman–Crippen LogP) is 5.47. The summed E-state index contributed by atoms with van der Waals surface area (Å²) >= 11 is 6.59. The van der Waals surface area contributed by atoms with E-state index in [1.807, 2.05) is 4.90 Å². The van der Waals surface area contributed by atoms with Gasteiger partial charge in [0.15, 0.2) is 0 Å². The van der Waals surface area contributed by atoms with Gasteiger partial charge in [0, 0.05) is 37.7 Å². The second-order valence-electron chi connectivity index (χ2n) is 10.9. The zero-order chi connectivity index (χ0) is 26.2. The van der Waals surface area contributed by atoms with Crippen LogP contribution in [0.1, 0.15) is 55.3 Å². The lowest BCUT2D eigenvalue weighted by atomic mass is 9.77. The Kier molecular flexibility index (Phi) is 7.20. The highest BCUT2D eigenvalue weighted by molar-refractivity contribution is 6.34. The summed E-state index contributed by atoms with van der Waals surface area (Å²) in [6.07, 6.45) is 6.50. The normalized spacial score (nSPS) is 23.9. The number of hydrogen-bond acceptors (Lipinski definition) is 4. The smallest absolute Gasteiger partial charge is 0.255 e. The molecule has 0 radical (unpaired) electrons. The lowest BCUT2D eigenvalue weighted by molar-refractivity contribution is -0.134. The Morgan fingerprint density at radius 2 is 1.95 bits per heavy atom. The molecule has 1 N–H and O–H groups in total. The monoisotopic (exact) mass is 528 g/mol. The van der Waals surface area contributed by atoms with Crippen LogP contribution in [-0.2, 0) is 9.53 Å². The van der Waals surface area contributed by atoms with Gasteiger partial charge in [-0.25, -0.2) is 4.39 Å². The molecule has 1 heterocycles. The van der Waals surface area contributed by atoms with Crippen molar-refractivity contribution in [3.05, 3.63) is 52.8 Å². The van der Waals surface area contributed by atoms with E-state index < -0.39 is 0 Å². The molecule has 0 aromatic heterocycles. The molecule has 2 saturated carbocycles. The first kappa shape index (κ1) is 26.0. The van der Waals surface area contributed by atoms with Crippen LogP contribution < -0.4 is 10.1 Å². The zero-order valence-electron chi connectivity index (χ0n) is 21.4. The standard InChI is InChI=1S/C29H34ClFN2O4/c1-36-25-9-7-21(31)14-23(25)19-6-8-22(24(30)13-19)27(35)33-16-20-5-3-10-28(20,18-33)17-32-26(34)15-29(37-2)11-4-12-29/h6-9,13-14,20H,3-5,10-12,15-18H2,1-2H3,(H,32,34)/t20-,28-/m0/s1. The lowest BCUT2D eigenvalue weighted by Crippen LogP contribution is -2.47. The van der Waals surface area contributed by atoms with Crippen LogP contribution in [0.2, 0.25) is 5.02 Å². The lowest BCUT2D eigenvalue weighted by Gasteiger charge is -2.40. The van der Waals surface area contributed by atoms with Gasteiger partial charge >= 0.3 is 0 Å². The molecule has 3 fully saturated rings. The fourth-order valence-electron chi connectivity index (χ4n) is 6.44. The SMILES string of the molecule is COc1ccc(F)cc1-c1ccc(C(=O)N2C[C@@H]3CCC[C@]3(CNC(=O)CC3(OC)CCC3)C2)c(Cl)c1. The van der Waals surface area contributed by atoms with Crippen LogP contribution in [0.4, 0.5) is 4.39 Å². The summed E-state index contributed by atoms with van der Waals surface area (Å²) in [6.45, 7) is 1.83. The highest BCUT2D eigenvalue weighted by Crippen LogP contribution is 2.49. The van der Waals surface area contributed by atoms with Crippen LogP contribution in [0.25, 0.3) is 11.1 Å². The van der Waals surface area contributed by atoms with E-state index in [9.17, 15) is 14.0 Å². The number of fused-ring (bicyclic) bond motifs is 1. The molecule has 0 bridgehead atoms. The van der Waals surface area contributed by atoms with Gasteiger partial charge in [0.1, 0.15) is 11.6 Å². The molecule has 8 heteroatoms. The average molecular weight is 529 g/mol. The van der Waals surface area contributed by atoms with Crippen molar-refractivity contribution < 1.29 is 23.5 Å². The molecule has 2 amide bonds. The molecule has 2 aromatic carbocycles. The summed E-state index contributed by atoms with van der Waals surface area (Å²) < 4.78 is 24.9. The number of nitrogens with one attached hydrogen (secondary N) is 1. The second kappa shape index (κ2) is 10.3. The van der Waals surface area contributed by atoms with Crippen LogP contribution >= 0.6 is 11.6 Å². The molecule has 0 unspecified atom stereocenters. The highest BCUT2D eigenvalue weighted by Gasteiger charge is 2.51. The van der Waals surface area contributed by atoms with Gasteiger partial charge in [0.25, 0.3) is 5.91 Å². The number of rotatable bonds is 8. The summed E-state index contributed by atoms with van der Waals surface area (Å²) in [5.41, 5.74) is 1.27. The number of carbonyl (C=O) groups is 2. The first-order valence-corrected chi connectivity index (χ1v) is 13.4. The minimum absolute atomic E-state index is 0.0257. The van der Waals surface area contributed by atoms with E-state index in [0.717, 1.165) is 38.5 Å². The molecule has 6 nitrogen and oxygen atoms in total. The Hall–Kier alpha value is -2.64. The van der Waals surface area contributed by atoms with Crippen molar-refractivity contribution in [1.29, 1.82) is 0 Å². The van der Waals surface area contributed by atoms with Crippen LogP contribution in [0.15, 0.2) is 36.4 Å². The number of halogens is 2. The van der Waals surface area contributed by atoms with Crippen LogP contribution in [0.5, 0.6) is 5.75 Å². The summed E-state index contributed by atoms with van der Waals surface area (Å²) in [7, 11) is 3.21. The number of methoxy groups -OCH3 is 2. The number of hydrogen-bond donors (Lipinski definition) is 1. The molecule has 1 saturated heterocycles. The Labute approximate surface area is 222 Å².